The third-order valence-corrected chi connectivity index (χ3v) is 5.33. The van der Waals surface area contributed by atoms with Crippen molar-refractivity contribution in [2.75, 3.05) is 13.1 Å². The van der Waals surface area contributed by atoms with Gasteiger partial charge in [0.05, 0.1) is 11.2 Å². The molecule has 192 valence electrons. The van der Waals surface area contributed by atoms with Crippen molar-refractivity contribution in [2.45, 2.75) is 32.8 Å². The minimum Gasteiger partial charge on any atom is -0.476 e. The average molecular weight is 505 g/mol. The van der Waals surface area contributed by atoms with Gasteiger partial charge in [-0.15, -0.1) is 0 Å². The van der Waals surface area contributed by atoms with Crippen LogP contribution in [0, 0.1) is 0 Å². The lowest BCUT2D eigenvalue weighted by atomic mass is 10.1. The van der Waals surface area contributed by atoms with Gasteiger partial charge in [0.15, 0.2) is 11.5 Å². The zero-order valence-corrected chi connectivity index (χ0v) is 20.7. The lowest BCUT2D eigenvalue weighted by Gasteiger charge is -2.19. The molecule has 4 rings (SSSR count). The molecule has 0 aliphatic rings. The topological polar surface area (TPSA) is 162 Å². The molecule has 11 nitrogen and oxygen atoms in total. The molecular weight excluding hydrogens is 476 g/mol. The number of hydrogen-bond donors (Lipinski definition) is 5. The van der Waals surface area contributed by atoms with E-state index in [4.69, 9.17) is 4.74 Å². The van der Waals surface area contributed by atoms with Crippen LogP contribution in [0.4, 0.5) is 4.79 Å². The lowest BCUT2D eigenvalue weighted by molar-refractivity contribution is 0.0527. The summed E-state index contributed by atoms with van der Waals surface area (Å²) >= 11 is 0. The maximum atomic E-state index is 12.7. The van der Waals surface area contributed by atoms with Gasteiger partial charge in [0.1, 0.15) is 11.3 Å². The first kappa shape index (κ1) is 25.4. The van der Waals surface area contributed by atoms with Crippen LogP contribution in [0.15, 0.2) is 48.5 Å². The molecule has 37 heavy (non-hydrogen) atoms. The van der Waals surface area contributed by atoms with Crippen LogP contribution in [0.25, 0.3) is 33.7 Å². The minimum atomic E-state index is -1.16. The van der Waals surface area contributed by atoms with Crippen molar-refractivity contribution in [3.8, 4) is 22.8 Å². The highest BCUT2D eigenvalue weighted by atomic mass is 16.6. The highest BCUT2D eigenvalue weighted by Crippen LogP contribution is 2.29. The zero-order valence-electron chi connectivity index (χ0n) is 20.7. The maximum absolute atomic E-state index is 12.7. The number of carboxylic acid groups (broad SMARTS) is 1. The number of fused-ring (bicyclic) bond motifs is 1. The summed E-state index contributed by atoms with van der Waals surface area (Å²) in [6.45, 7) is 6.07. The predicted octanol–water partition coefficient (Wildman–Crippen LogP) is 3.96. The lowest BCUT2D eigenvalue weighted by Crippen LogP contribution is -2.34. The van der Waals surface area contributed by atoms with Gasteiger partial charge in [-0.25, -0.2) is 14.6 Å². The van der Waals surface area contributed by atoms with Gasteiger partial charge in [-0.2, -0.15) is 5.10 Å². The zero-order chi connectivity index (χ0) is 26.6. The van der Waals surface area contributed by atoms with Gasteiger partial charge in [0.25, 0.3) is 5.91 Å². The molecule has 0 unspecified atom stereocenters. The van der Waals surface area contributed by atoms with Crippen molar-refractivity contribution in [3.05, 3.63) is 59.8 Å². The average Bonchev–Trinajstić information content (AvgIpc) is 3.47. The summed E-state index contributed by atoms with van der Waals surface area (Å²) in [7, 11) is 0. The smallest absolute Gasteiger partial charge is 0.407 e. The number of aromatic nitrogens is 4. The first-order chi connectivity index (χ1) is 17.6. The number of benzene rings is 2. The largest absolute Gasteiger partial charge is 0.476 e. The summed E-state index contributed by atoms with van der Waals surface area (Å²) in [5.74, 6) is -1.18. The van der Waals surface area contributed by atoms with E-state index in [1.165, 1.54) is 0 Å². The SMILES string of the molecule is CC(C)(C)OC(=O)NCCCNC(=O)c1ccc2[nH]nc(-c3nc(C(=O)O)c(-c4ccccc4)[nH]3)c2c1. The van der Waals surface area contributed by atoms with E-state index in [9.17, 15) is 19.5 Å². The molecule has 4 aromatic rings. The fourth-order valence-corrected chi connectivity index (χ4v) is 3.69. The Kier molecular flexibility index (Phi) is 7.23. The number of amides is 2. The number of carbonyl (C=O) groups excluding carboxylic acids is 2. The third-order valence-electron chi connectivity index (χ3n) is 5.33. The molecule has 0 radical (unpaired) electrons. The molecule has 2 aromatic heterocycles. The number of aromatic carboxylic acids is 1. The Morgan fingerprint density at radius 1 is 1.03 bits per heavy atom. The Bertz CT molecular complexity index is 1430. The molecule has 0 atom stereocenters. The quantitative estimate of drug-likeness (QED) is 0.227. The van der Waals surface area contributed by atoms with E-state index in [-0.39, 0.29) is 17.4 Å². The van der Waals surface area contributed by atoms with Gasteiger partial charge < -0.3 is 25.5 Å². The number of nitrogens with one attached hydrogen (secondary N) is 4. The van der Waals surface area contributed by atoms with Crippen LogP contribution >= 0.6 is 0 Å². The van der Waals surface area contributed by atoms with Crippen LogP contribution in [0.3, 0.4) is 0 Å². The van der Waals surface area contributed by atoms with Crippen molar-refractivity contribution in [2.24, 2.45) is 0 Å². The van der Waals surface area contributed by atoms with Crippen LogP contribution in [0.1, 0.15) is 48.0 Å². The molecular formula is C26H28N6O5. The van der Waals surface area contributed by atoms with E-state index in [0.29, 0.717) is 52.9 Å². The number of carbonyl (C=O) groups is 3. The van der Waals surface area contributed by atoms with E-state index in [2.05, 4.69) is 30.8 Å². The van der Waals surface area contributed by atoms with E-state index >= 15 is 0 Å². The van der Waals surface area contributed by atoms with Crippen molar-refractivity contribution < 1.29 is 24.2 Å². The van der Waals surface area contributed by atoms with Gasteiger partial charge in [-0.05, 0) is 45.4 Å². The normalized spacial score (nSPS) is 11.3. The molecule has 0 bridgehead atoms. The molecule has 0 fully saturated rings. The number of nitrogens with zero attached hydrogens (tertiary/aromatic N) is 2. The monoisotopic (exact) mass is 504 g/mol. The fraction of sp³-hybridized carbons (Fsp3) is 0.269. The fourth-order valence-electron chi connectivity index (χ4n) is 3.69. The number of alkyl carbamates (subject to hydrolysis) is 1. The van der Waals surface area contributed by atoms with Gasteiger partial charge in [-0.3, -0.25) is 9.89 Å². The van der Waals surface area contributed by atoms with Gasteiger partial charge in [0.2, 0.25) is 0 Å². The van der Waals surface area contributed by atoms with Crippen molar-refractivity contribution in [1.82, 2.24) is 30.8 Å². The van der Waals surface area contributed by atoms with Crippen LogP contribution in [0.5, 0.6) is 0 Å². The van der Waals surface area contributed by atoms with Crippen molar-refractivity contribution >= 4 is 28.9 Å². The molecule has 2 aromatic carbocycles. The molecule has 11 heteroatoms. The molecule has 5 N–H and O–H groups in total. The highest BCUT2D eigenvalue weighted by Gasteiger charge is 2.22. The van der Waals surface area contributed by atoms with Crippen molar-refractivity contribution in [3.63, 3.8) is 0 Å². The Labute approximate surface area is 212 Å². The number of aromatic amines is 2. The third kappa shape index (κ3) is 6.13. The first-order valence-electron chi connectivity index (χ1n) is 11.7. The number of hydrogen-bond acceptors (Lipinski definition) is 6. The number of H-pyrrole nitrogens is 2. The number of carboxylic acids is 1. The predicted molar refractivity (Wildman–Crippen MR) is 137 cm³/mol. The summed E-state index contributed by atoms with van der Waals surface area (Å²) in [4.78, 5) is 43.6. The second-order valence-corrected chi connectivity index (χ2v) is 9.35. The molecule has 0 aliphatic carbocycles. The van der Waals surface area contributed by atoms with Crippen LogP contribution < -0.4 is 10.6 Å². The molecule has 0 aliphatic heterocycles. The van der Waals surface area contributed by atoms with E-state index in [1.54, 1.807) is 51.1 Å². The minimum absolute atomic E-state index is 0.119. The molecule has 2 heterocycles. The van der Waals surface area contributed by atoms with Gasteiger partial charge in [0, 0.05) is 29.6 Å². The van der Waals surface area contributed by atoms with Crippen LogP contribution in [0.2, 0.25) is 0 Å². The first-order valence-corrected chi connectivity index (χ1v) is 11.7. The summed E-state index contributed by atoms with van der Waals surface area (Å²) < 4.78 is 5.18. The Balaban J connectivity index is 1.47. The summed E-state index contributed by atoms with van der Waals surface area (Å²) in [5, 5.41) is 23.0. The number of ether oxygens (including phenoxy) is 1. The second-order valence-electron chi connectivity index (χ2n) is 9.35. The molecule has 2 amide bonds. The van der Waals surface area contributed by atoms with Crippen LogP contribution in [-0.2, 0) is 4.74 Å². The van der Waals surface area contributed by atoms with Crippen molar-refractivity contribution in [1.29, 1.82) is 0 Å². The Morgan fingerprint density at radius 3 is 2.46 bits per heavy atom. The summed E-state index contributed by atoms with van der Waals surface area (Å²) in [6.07, 6.45) is 0.0211. The highest BCUT2D eigenvalue weighted by molar-refractivity contribution is 6.01. The number of rotatable bonds is 8. The van der Waals surface area contributed by atoms with Crippen LogP contribution in [-0.4, -0.2) is 61.9 Å². The maximum Gasteiger partial charge on any atom is 0.407 e. The molecule has 0 saturated carbocycles. The van der Waals surface area contributed by atoms with E-state index < -0.39 is 17.7 Å². The van der Waals surface area contributed by atoms with Gasteiger partial charge >= 0.3 is 12.1 Å². The van der Waals surface area contributed by atoms with E-state index in [0.717, 1.165) is 0 Å². The Morgan fingerprint density at radius 2 is 1.76 bits per heavy atom. The standard InChI is InChI=1S/C26H28N6O5/c1-26(2,3)37-25(36)28-13-7-12-27-23(33)16-10-11-18-17(14-16)20(32-31-18)22-29-19(21(30-22)24(34)35)15-8-5-4-6-9-15/h4-6,8-11,14H,7,12-13H2,1-3H3,(H,27,33)(H,28,36)(H,29,30)(H,31,32)(H,34,35). The summed E-state index contributed by atoms with van der Waals surface area (Å²) in [6, 6.07) is 14.1. The van der Waals surface area contributed by atoms with E-state index in [1.807, 2.05) is 18.2 Å². The molecule has 0 saturated heterocycles. The second kappa shape index (κ2) is 10.5. The molecule has 0 spiro atoms. The summed E-state index contributed by atoms with van der Waals surface area (Å²) in [5.41, 5.74) is 1.83. The number of imidazole rings is 1. The Hall–Kier alpha value is -4.67. The van der Waals surface area contributed by atoms with Gasteiger partial charge in [-0.1, -0.05) is 30.3 Å².